The zero-order valence-corrected chi connectivity index (χ0v) is 15.9. The maximum Gasteiger partial charge on any atom is 0.195 e. The Hall–Kier alpha value is -3.84. The fourth-order valence-electron chi connectivity index (χ4n) is 2.78. The highest BCUT2D eigenvalue weighted by Crippen LogP contribution is 2.25. The molecule has 0 aliphatic carbocycles. The lowest BCUT2D eigenvalue weighted by molar-refractivity contribution is -0.254. The number of carbonyl (C=O) groups is 2. The van der Waals surface area contributed by atoms with E-state index in [4.69, 9.17) is 0 Å². The van der Waals surface area contributed by atoms with E-state index in [0.29, 0.717) is 10.6 Å². The first kappa shape index (κ1) is 18.5. The van der Waals surface area contributed by atoms with Gasteiger partial charge in [0.2, 0.25) is 0 Å². The summed E-state index contributed by atoms with van der Waals surface area (Å²) in [5.74, 6) is -1.57. The van der Waals surface area contributed by atoms with E-state index >= 15 is 0 Å². The van der Waals surface area contributed by atoms with Gasteiger partial charge in [-0.25, -0.2) is 4.68 Å². The van der Waals surface area contributed by atoms with Gasteiger partial charge in [-0.05, 0) is 48.6 Å². The molecule has 0 bridgehead atoms. The lowest BCUT2D eigenvalue weighted by Gasteiger charge is -2.00. The number of ketones is 1. The molecule has 7 heteroatoms. The number of rotatable bonds is 6. The van der Waals surface area contributed by atoms with Crippen LogP contribution in [-0.4, -0.2) is 26.5 Å². The number of aromatic nitrogens is 3. The smallest absolute Gasteiger partial charge is 0.195 e. The number of hydrogen-bond donors (Lipinski definition) is 0. The van der Waals surface area contributed by atoms with Crippen LogP contribution in [0.2, 0.25) is 0 Å². The van der Waals surface area contributed by atoms with Crippen molar-refractivity contribution in [1.29, 1.82) is 0 Å². The van der Waals surface area contributed by atoms with Crippen molar-refractivity contribution in [3.05, 3.63) is 94.6 Å². The number of carboxylic acids is 1. The highest BCUT2D eigenvalue weighted by molar-refractivity contribution is 7.16. The molecule has 0 saturated heterocycles. The number of hydrogen-bond acceptors (Lipinski definition) is 6. The summed E-state index contributed by atoms with van der Waals surface area (Å²) < 4.78 is 1.75. The van der Waals surface area contributed by atoms with E-state index in [1.165, 1.54) is 18.2 Å². The number of pyridine rings is 1. The zero-order valence-electron chi connectivity index (χ0n) is 15.1. The van der Waals surface area contributed by atoms with Crippen molar-refractivity contribution in [3.8, 4) is 16.9 Å². The Morgan fingerprint density at radius 1 is 0.966 bits per heavy atom. The van der Waals surface area contributed by atoms with E-state index in [-0.39, 0.29) is 10.7 Å². The molecule has 0 aliphatic rings. The summed E-state index contributed by atoms with van der Waals surface area (Å²) in [6.07, 6.45) is 8.31. The second-order valence-corrected chi connectivity index (χ2v) is 7.18. The van der Waals surface area contributed by atoms with E-state index in [2.05, 4.69) is 10.1 Å². The number of carbonyl (C=O) groups excluding carboxylic acids is 2. The van der Waals surface area contributed by atoms with Gasteiger partial charge in [0.1, 0.15) is 5.69 Å². The fraction of sp³-hybridized carbons (Fsp3) is 0. The van der Waals surface area contributed by atoms with Gasteiger partial charge < -0.3 is 9.90 Å². The Kier molecular flexibility index (Phi) is 5.13. The molecule has 3 aromatic heterocycles. The van der Waals surface area contributed by atoms with Crippen LogP contribution in [0.15, 0.2) is 79.3 Å². The number of nitrogens with zero attached hydrogens (tertiary/aromatic N) is 3. The quantitative estimate of drug-likeness (QED) is 0.366. The van der Waals surface area contributed by atoms with Crippen LogP contribution in [0, 0.1) is 0 Å². The maximum absolute atomic E-state index is 12.5. The first-order chi connectivity index (χ1) is 14.1. The molecular formula is C22H14N3O3S-. The van der Waals surface area contributed by atoms with Crippen molar-refractivity contribution in [3.63, 3.8) is 0 Å². The van der Waals surface area contributed by atoms with Crippen molar-refractivity contribution >= 4 is 29.2 Å². The van der Waals surface area contributed by atoms with Crippen LogP contribution in [0.25, 0.3) is 23.0 Å². The molecule has 0 spiro atoms. The summed E-state index contributed by atoms with van der Waals surface area (Å²) in [6.45, 7) is 0. The zero-order chi connectivity index (χ0) is 20.2. The molecule has 0 amide bonds. The van der Waals surface area contributed by atoms with E-state index < -0.39 is 5.97 Å². The summed E-state index contributed by atoms with van der Waals surface area (Å²) in [7, 11) is 0. The normalized spacial score (nSPS) is 11.0. The van der Waals surface area contributed by atoms with Crippen molar-refractivity contribution in [1.82, 2.24) is 14.8 Å². The standard InChI is InChI=1S/C22H15N3O3S/c26-18(19-8-9-20(29-19)22(27)28)7-6-16-14-25(17-4-2-1-3-5-17)24-21(16)15-10-12-23-13-11-15/h1-14H,(H,27,28)/p-1/b7-6+. The molecular weight excluding hydrogens is 386 g/mol. The van der Waals surface area contributed by atoms with E-state index in [1.807, 2.05) is 48.7 Å². The van der Waals surface area contributed by atoms with Crippen LogP contribution < -0.4 is 5.11 Å². The number of benzene rings is 1. The number of thiophene rings is 1. The summed E-state index contributed by atoms with van der Waals surface area (Å²) in [4.78, 5) is 27.8. The van der Waals surface area contributed by atoms with Gasteiger partial charge in [-0.2, -0.15) is 5.10 Å². The first-order valence-corrected chi connectivity index (χ1v) is 9.52. The molecule has 3 heterocycles. The van der Waals surface area contributed by atoms with Crippen LogP contribution in [-0.2, 0) is 0 Å². The van der Waals surface area contributed by atoms with Gasteiger partial charge in [0.05, 0.1) is 21.4 Å². The predicted molar refractivity (Wildman–Crippen MR) is 109 cm³/mol. The molecule has 0 saturated carbocycles. The number of aromatic carboxylic acids is 1. The minimum atomic E-state index is -1.29. The number of allylic oxidation sites excluding steroid dienone is 1. The van der Waals surface area contributed by atoms with Crippen molar-refractivity contribution < 1.29 is 14.7 Å². The summed E-state index contributed by atoms with van der Waals surface area (Å²) in [6, 6.07) is 16.2. The van der Waals surface area contributed by atoms with Crippen molar-refractivity contribution in [2.45, 2.75) is 0 Å². The van der Waals surface area contributed by atoms with E-state index in [1.54, 1.807) is 23.2 Å². The summed E-state index contributed by atoms with van der Waals surface area (Å²) in [5, 5.41) is 15.6. The summed E-state index contributed by atoms with van der Waals surface area (Å²) >= 11 is 0.895. The molecule has 0 atom stereocenters. The van der Waals surface area contributed by atoms with Gasteiger partial charge in [-0.1, -0.05) is 18.2 Å². The van der Waals surface area contributed by atoms with Crippen LogP contribution in [0.5, 0.6) is 0 Å². The largest absolute Gasteiger partial charge is 0.544 e. The van der Waals surface area contributed by atoms with E-state index in [0.717, 1.165) is 28.2 Å². The number of para-hydroxylation sites is 1. The Labute approximate surface area is 170 Å². The van der Waals surface area contributed by atoms with Crippen LogP contribution in [0.3, 0.4) is 0 Å². The molecule has 0 N–H and O–H groups in total. The molecule has 29 heavy (non-hydrogen) atoms. The molecule has 4 aromatic rings. The van der Waals surface area contributed by atoms with Gasteiger partial charge >= 0.3 is 0 Å². The minimum Gasteiger partial charge on any atom is -0.544 e. The van der Waals surface area contributed by atoms with Gasteiger partial charge in [-0.15, -0.1) is 11.3 Å². The lowest BCUT2D eigenvalue weighted by Crippen LogP contribution is -2.20. The average molecular weight is 400 g/mol. The third-order valence-electron chi connectivity index (χ3n) is 4.18. The first-order valence-electron chi connectivity index (χ1n) is 8.71. The minimum absolute atomic E-state index is 0.0242. The molecule has 4 rings (SSSR count). The van der Waals surface area contributed by atoms with E-state index in [9.17, 15) is 14.7 Å². The van der Waals surface area contributed by atoms with Crippen LogP contribution in [0.1, 0.15) is 24.9 Å². The molecule has 0 radical (unpaired) electrons. The highest BCUT2D eigenvalue weighted by atomic mass is 32.1. The Morgan fingerprint density at radius 2 is 1.69 bits per heavy atom. The summed E-state index contributed by atoms with van der Waals surface area (Å²) in [5.41, 5.74) is 3.23. The predicted octanol–water partition coefficient (Wildman–Crippen LogP) is 3.26. The molecule has 0 fully saturated rings. The second kappa shape index (κ2) is 8.04. The molecule has 0 aliphatic heterocycles. The lowest BCUT2D eigenvalue weighted by atomic mass is 10.1. The van der Waals surface area contributed by atoms with Crippen molar-refractivity contribution in [2.24, 2.45) is 0 Å². The van der Waals surface area contributed by atoms with Crippen molar-refractivity contribution in [2.75, 3.05) is 0 Å². The molecule has 1 aromatic carbocycles. The maximum atomic E-state index is 12.5. The third kappa shape index (κ3) is 4.04. The molecule has 142 valence electrons. The van der Waals surface area contributed by atoms with Gasteiger partial charge in [0.15, 0.2) is 5.78 Å². The molecule has 0 unspecified atom stereocenters. The third-order valence-corrected chi connectivity index (χ3v) is 5.26. The Balaban J connectivity index is 1.69. The SMILES string of the molecule is O=C([O-])c1ccc(C(=O)/C=C/c2cn(-c3ccccc3)nc2-c2ccncc2)s1. The monoisotopic (exact) mass is 400 g/mol. The van der Waals surface area contributed by atoms with Crippen LogP contribution >= 0.6 is 11.3 Å². The molecule has 6 nitrogen and oxygen atoms in total. The van der Waals surface area contributed by atoms with Crippen LogP contribution in [0.4, 0.5) is 0 Å². The topological polar surface area (TPSA) is 87.9 Å². The highest BCUT2D eigenvalue weighted by Gasteiger charge is 2.12. The number of carboxylic acid groups (broad SMARTS) is 1. The average Bonchev–Trinajstić information content (AvgIpc) is 3.41. The van der Waals surface area contributed by atoms with Gasteiger partial charge in [-0.3, -0.25) is 9.78 Å². The second-order valence-electron chi connectivity index (χ2n) is 6.10. The Bertz CT molecular complexity index is 1190. The fourth-order valence-corrected chi connectivity index (χ4v) is 3.55. The Morgan fingerprint density at radius 3 is 2.38 bits per heavy atom. The van der Waals surface area contributed by atoms with Gasteiger partial charge in [0.25, 0.3) is 0 Å². The van der Waals surface area contributed by atoms with Gasteiger partial charge in [0, 0.05) is 29.7 Å².